The van der Waals surface area contributed by atoms with E-state index in [0.717, 1.165) is 38.5 Å². The average molecular weight is 566 g/mol. The molecule has 5 N–H and O–H groups in total. The van der Waals surface area contributed by atoms with Crippen LogP contribution in [0.2, 0.25) is 0 Å². The molecule has 13 nitrogen and oxygen atoms in total. The molecule has 2 amide bonds. The van der Waals surface area contributed by atoms with Crippen molar-refractivity contribution < 1.29 is 29.3 Å². The van der Waals surface area contributed by atoms with Crippen LogP contribution in [0.15, 0.2) is 36.7 Å². The van der Waals surface area contributed by atoms with Crippen LogP contribution >= 0.6 is 0 Å². The lowest BCUT2D eigenvalue weighted by molar-refractivity contribution is -0.137. The number of nitrogens with zero attached hydrogens (tertiary/aromatic N) is 5. The first kappa shape index (κ1) is 27.4. The smallest absolute Gasteiger partial charge is 0.410 e. The molecule has 0 radical (unpaired) electrons. The molecule has 3 aliphatic rings. The van der Waals surface area contributed by atoms with Crippen LogP contribution in [-0.4, -0.2) is 84.1 Å². The van der Waals surface area contributed by atoms with Crippen molar-refractivity contribution in [3.63, 3.8) is 0 Å². The zero-order chi connectivity index (χ0) is 28.5. The number of piperidine rings is 1. The summed E-state index contributed by atoms with van der Waals surface area (Å²) in [5.41, 5.74) is 6.92. The van der Waals surface area contributed by atoms with Crippen LogP contribution in [-0.2, 0) is 16.0 Å². The Hall–Kier alpha value is -3.81. The molecule has 13 heteroatoms. The maximum Gasteiger partial charge on any atom is 0.415 e. The number of fused-ring (bicyclic) bond motifs is 1. The number of nitrogens with one attached hydrogen (secondary N) is 1. The number of carbonyl (C=O) groups is 2. The predicted molar refractivity (Wildman–Crippen MR) is 147 cm³/mol. The van der Waals surface area contributed by atoms with Crippen LogP contribution < -0.4 is 15.8 Å². The zero-order valence-corrected chi connectivity index (χ0v) is 22.6. The van der Waals surface area contributed by atoms with Crippen molar-refractivity contribution in [2.75, 3.05) is 18.8 Å². The highest BCUT2D eigenvalue weighted by atomic mass is 16.6. The Kier molecular flexibility index (Phi) is 7.73. The van der Waals surface area contributed by atoms with Gasteiger partial charge in [-0.2, -0.15) is 0 Å². The molecular weight excluding hydrogens is 530 g/mol. The van der Waals surface area contributed by atoms with Crippen molar-refractivity contribution in [1.82, 2.24) is 29.7 Å². The molecule has 0 spiro atoms. The summed E-state index contributed by atoms with van der Waals surface area (Å²) in [5.74, 6) is 1.33. The van der Waals surface area contributed by atoms with Crippen molar-refractivity contribution in [3.8, 4) is 5.75 Å². The van der Waals surface area contributed by atoms with Crippen LogP contribution in [0.25, 0.3) is 11.2 Å². The van der Waals surface area contributed by atoms with Crippen LogP contribution in [0.5, 0.6) is 5.75 Å². The molecule has 4 atom stereocenters. The fourth-order valence-electron chi connectivity index (χ4n) is 5.51. The minimum absolute atomic E-state index is 0.0994. The highest BCUT2D eigenvalue weighted by Gasteiger charge is 2.48. The summed E-state index contributed by atoms with van der Waals surface area (Å²) < 4.78 is 12.8. The Morgan fingerprint density at radius 2 is 1.83 bits per heavy atom. The lowest BCUT2D eigenvalue weighted by Crippen LogP contribution is -2.43. The number of likely N-dealkylation sites (tertiary alicyclic amines) is 1. The molecule has 2 aromatic heterocycles. The summed E-state index contributed by atoms with van der Waals surface area (Å²) in [5, 5.41) is 24.0. The van der Waals surface area contributed by atoms with E-state index in [0.29, 0.717) is 48.2 Å². The number of aryl methyl sites for hydroxylation is 1. The number of aliphatic hydroxyl groups is 2. The monoisotopic (exact) mass is 565 g/mol. The van der Waals surface area contributed by atoms with E-state index in [1.165, 1.54) is 10.9 Å². The summed E-state index contributed by atoms with van der Waals surface area (Å²) >= 11 is 0. The number of aliphatic hydroxyl groups excluding tert-OH is 2. The largest absolute Gasteiger partial charge is 0.415 e. The molecule has 3 aromatic rings. The van der Waals surface area contributed by atoms with Gasteiger partial charge in [0.05, 0.1) is 6.33 Å². The van der Waals surface area contributed by atoms with Crippen LogP contribution in [0.4, 0.5) is 10.6 Å². The Balaban J connectivity index is 1.04. The van der Waals surface area contributed by atoms with E-state index in [2.05, 4.69) is 20.3 Å². The molecule has 6 rings (SSSR count). The Labute approximate surface area is 236 Å². The van der Waals surface area contributed by atoms with Gasteiger partial charge in [-0.1, -0.05) is 18.2 Å². The van der Waals surface area contributed by atoms with Crippen molar-refractivity contribution in [3.05, 3.63) is 42.5 Å². The van der Waals surface area contributed by atoms with Gasteiger partial charge in [0.1, 0.15) is 29.3 Å². The first-order valence-corrected chi connectivity index (χ1v) is 14.2. The minimum atomic E-state index is -1.39. The summed E-state index contributed by atoms with van der Waals surface area (Å²) in [7, 11) is 0. The molecule has 41 heavy (non-hydrogen) atoms. The summed E-state index contributed by atoms with van der Waals surface area (Å²) in [4.78, 5) is 40.1. The van der Waals surface area contributed by atoms with E-state index in [-0.39, 0.29) is 18.0 Å². The number of benzene rings is 1. The topological polar surface area (TPSA) is 178 Å². The minimum Gasteiger partial charge on any atom is -0.410 e. The van der Waals surface area contributed by atoms with Gasteiger partial charge in [-0.15, -0.1) is 0 Å². The van der Waals surface area contributed by atoms with Crippen LogP contribution in [0.3, 0.4) is 0 Å². The van der Waals surface area contributed by atoms with Crippen molar-refractivity contribution in [2.24, 2.45) is 5.92 Å². The van der Waals surface area contributed by atoms with Gasteiger partial charge in [0.2, 0.25) is 0 Å². The number of hydrogen-bond donors (Lipinski definition) is 4. The average Bonchev–Trinajstić information content (AvgIpc) is 3.61. The van der Waals surface area contributed by atoms with Crippen molar-refractivity contribution in [2.45, 2.75) is 75.5 Å². The molecular formula is C28H35N7O6. The fourth-order valence-corrected chi connectivity index (χ4v) is 5.51. The van der Waals surface area contributed by atoms with Gasteiger partial charge in [-0.05, 0) is 56.6 Å². The van der Waals surface area contributed by atoms with E-state index >= 15 is 0 Å². The third-order valence-corrected chi connectivity index (χ3v) is 8.02. The lowest BCUT2D eigenvalue weighted by atomic mass is 9.91. The number of anilines is 1. The van der Waals surface area contributed by atoms with Gasteiger partial charge in [-0.3, -0.25) is 9.36 Å². The molecule has 0 bridgehead atoms. The molecule has 1 aliphatic carbocycles. The highest BCUT2D eigenvalue weighted by molar-refractivity contribution is 5.83. The van der Waals surface area contributed by atoms with E-state index in [1.54, 1.807) is 17.0 Å². The van der Waals surface area contributed by atoms with Gasteiger partial charge in [0, 0.05) is 25.6 Å². The second kappa shape index (κ2) is 11.6. The molecule has 218 valence electrons. The molecule has 2 saturated heterocycles. The van der Waals surface area contributed by atoms with Gasteiger partial charge in [0.25, 0.3) is 5.91 Å². The molecule has 2 aliphatic heterocycles. The first-order chi connectivity index (χ1) is 19.9. The van der Waals surface area contributed by atoms with E-state index in [1.807, 2.05) is 18.2 Å². The highest BCUT2D eigenvalue weighted by Crippen LogP contribution is 2.33. The number of nitrogen functional groups attached to an aromatic ring is 1. The number of imidazole rings is 1. The van der Waals surface area contributed by atoms with Gasteiger partial charge in [-0.25, -0.2) is 19.7 Å². The van der Waals surface area contributed by atoms with Gasteiger partial charge >= 0.3 is 6.09 Å². The second-order valence-corrected chi connectivity index (χ2v) is 11.1. The maximum atomic E-state index is 12.5. The van der Waals surface area contributed by atoms with Crippen LogP contribution in [0, 0.1) is 5.92 Å². The molecule has 2 unspecified atom stereocenters. The molecule has 1 aromatic carbocycles. The summed E-state index contributed by atoms with van der Waals surface area (Å²) in [6.07, 6.45) is 2.09. The van der Waals surface area contributed by atoms with Gasteiger partial charge < -0.3 is 35.6 Å². The Morgan fingerprint density at radius 3 is 2.56 bits per heavy atom. The zero-order valence-electron chi connectivity index (χ0n) is 22.6. The number of amides is 2. The third kappa shape index (κ3) is 5.97. The second-order valence-electron chi connectivity index (χ2n) is 11.1. The quantitative estimate of drug-likeness (QED) is 0.313. The SMILES string of the molecule is Nc1nc(CCCC2CCN(C(=O)Oc3ccccc3)CC2)nc2c1ncn2[C@@H]1O[C@H](C(=O)NC2CC2)C(O)C1O. The molecule has 1 saturated carbocycles. The van der Waals surface area contributed by atoms with E-state index < -0.39 is 30.4 Å². The number of rotatable bonds is 8. The number of hydrogen-bond acceptors (Lipinski definition) is 10. The third-order valence-electron chi connectivity index (χ3n) is 8.02. The summed E-state index contributed by atoms with van der Waals surface area (Å²) in [6.45, 7) is 1.31. The number of carbonyl (C=O) groups excluding carboxylic acids is 2. The standard InChI is InChI=1S/C28H35N7O6/c29-24-20-25(35(15-30-20)27-22(37)21(36)23(41-27)26(38)31-17-9-10-17)33-19(32-24)8-4-5-16-11-13-34(14-12-16)28(39)40-18-6-2-1-3-7-18/h1-3,6-7,15-17,21-23,27,36-37H,4-5,8-14H2,(H,31,38)(H2,29,32,33)/t21?,22?,23-,27+/m0/s1. The Morgan fingerprint density at radius 1 is 1.07 bits per heavy atom. The van der Waals surface area contributed by atoms with Crippen molar-refractivity contribution in [1.29, 1.82) is 0 Å². The lowest BCUT2D eigenvalue weighted by Gasteiger charge is -2.31. The van der Waals surface area contributed by atoms with E-state index in [4.69, 9.17) is 15.2 Å². The predicted octanol–water partition coefficient (Wildman–Crippen LogP) is 1.54. The molecule has 4 heterocycles. The number of nitrogens with two attached hydrogens (primary N) is 1. The summed E-state index contributed by atoms with van der Waals surface area (Å²) in [6, 6.07) is 9.17. The van der Waals surface area contributed by atoms with Crippen LogP contribution in [0.1, 0.15) is 50.6 Å². The number of aromatic nitrogens is 4. The molecule has 3 fully saturated rings. The Bertz CT molecular complexity index is 1390. The van der Waals surface area contributed by atoms with E-state index in [9.17, 15) is 19.8 Å². The number of ether oxygens (including phenoxy) is 2. The fraction of sp³-hybridized carbons (Fsp3) is 0.536. The van der Waals surface area contributed by atoms with Gasteiger partial charge in [0.15, 0.2) is 23.8 Å². The number of para-hydroxylation sites is 1. The normalized spacial score (nSPS) is 25.0. The maximum absolute atomic E-state index is 12.5. The first-order valence-electron chi connectivity index (χ1n) is 14.2. The van der Waals surface area contributed by atoms with Crippen molar-refractivity contribution >= 4 is 29.0 Å².